The Bertz CT molecular complexity index is 2490. The Balaban J connectivity index is 0.00000961. The zero-order valence-electron chi connectivity index (χ0n) is 49.9. The molecule has 9 aliphatic rings. The van der Waals surface area contributed by atoms with Crippen LogP contribution in [0.15, 0.2) is 23.3 Å². The van der Waals surface area contributed by atoms with Crippen molar-refractivity contribution >= 4 is 16.2 Å². The molecule has 86 heavy (non-hydrogen) atoms. The third kappa shape index (κ3) is 14.1. The van der Waals surface area contributed by atoms with E-state index in [4.69, 9.17) is 51.6 Å². The zero-order valence-corrected chi connectivity index (χ0v) is 52.7. The minimum atomic E-state index is -5.14. The van der Waals surface area contributed by atoms with Crippen molar-refractivity contribution in [3.63, 3.8) is 0 Å². The van der Waals surface area contributed by atoms with Crippen molar-refractivity contribution < 1.29 is 165 Å². The third-order valence-corrected chi connectivity index (χ3v) is 20.6. The van der Waals surface area contributed by atoms with Gasteiger partial charge in [-0.25, -0.2) is 8.42 Å². The summed E-state index contributed by atoms with van der Waals surface area (Å²) in [5.41, 5.74) is -0.577. The van der Waals surface area contributed by atoms with E-state index in [-0.39, 0.29) is 72.4 Å². The van der Waals surface area contributed by atoms with E-state index < -0.39 is 206 Å². The van der Waals surface area contributed by atoms with Crippen molar-refractivity contribution in [2.75, 3.05) is 13.2 Å². The second kappa shape index (κ2) is 27.6. The predicted octanol–water partition coefficient (Wildman–Crippen LogP) is -6.10. The average molecular weight is 1270 g/mol. The van der Waals surface area contributed by atoms with Crippen LogP contribution in [-0.2, 0) is 66.7 Å². The summed E-state index contributed by atoms with van der Waals surface area (Å²) >= 11 is 0. The Kier molecular flexibility index (Phi) is 22.8. The number of aliphatic hydroxyl groups is 13. The van der Waals surface area contributed by atoms with Gasteiger partial charge in [0.25, 0.3) is 0 Å². The molecule has 0 spiro atoms. The number of aliphatic hydroxyl groups excluding tert-OH is 12. The molecule has 0 bridgehead atoms. The number of rotatable bonds is 17. The van der Waals surface area contributed by atoms with Crippen molar-refractivity contribution in [2.24, 2.45) is 34.5 Å². The van der Waals surface area contributed by atoms with Gasteiger partial charge in [-0.15, -0.1) is 0 Å². The number of ether oxygens (including phenoxy) is 10. The molecule has 0 aromatic carbocycles. The molecule has 0 aromatic heterocycles. The fraction of sp³-hybridized carbons (Fsp3) is 0.911. The van der Waals surface area contributed by atoms with Crippen LogP contribution in [0.25, 0.3) is 0 Å². The number of fused-ring (bicyclic) bond motifs is 5. The Morgan fingerprint density at radius 2 is 1.21 bits per heavy atom. The van der Waals surface area contributed by atoms with Crippen molar-refractivity contribution in [1.82, 2.24) is 0 Å². The summed E-state index contributed by atoms with van der Waals surface area (Å²) in [6, 6.07) is 0. The molecule has 0 unspecified atom stereocenters. The van der Waals surface area contributed by atoms with E-state index in [0.717, 1.165) is 11.1 Å². The van der Waals surface area contributed by atoms with Crippen LogP contribution in [-0.4, -0.2) is 264 Å². The molecule has 4 aliphatic carbocycles. The summed E-state index contributed by atoms with van der Waals surface area (Å²) in [6.07, 6.45) is -36.5. The fourth-order valence-electron chi connectivity index (χ4n) is 15.6. The predicted molar refractivity (Wildman–Crippen MR) is 284 cm³/mol. The number of carbonyl (C=O) groups is 1. The van der Waals surface area contributed by atoms with Crippen LogP contribution in [0.1, 0.15) is 107 Å². The smallest absolute Gasteiger partial charge is 0.726 e. The monoisotopic (exact) mass is 1260 g/mol. The van der Waals surface area contributed by atoms with E-state index >= 15 is 0 Å². The molecule has 0 aromatic rings. The summed E-state index contributed by atoms with van der Waals surface area (Å²) < 4.78 is 102. The quantitative estimate of drug-likeness (QED) is 0.0212. The Morgan fingerprint density at radius 1 is 0.663 bits per heavy atom. The van der Waals surface area contributed by atoms with Gasteiger partial charge in [0.15, 0.2) is 37.2 Å². The number of allylic oxidation sites excluding steroid dienone is 4. The Morgan fingerprint density at radius 3 is 1.78 bits per heavy atom. The van der Waals surface area contributed by atoms with Crippen molar-refractivity contribution in [1.29, 1.82) is 0 Å². The van der Waals surface area contributed by atoms with E-state index in [2.05, 4.69) is 19.9 Å². The molecular weight excluding hydrogens is 1180 g/mol. The minimum Gasteiger partial charge on any atom is -0.726 e. The second-order valence-electron chi connectivity index (χ2n) is 26.2. The normalized spacial score (nSPS) is 50.5. The summed E-state index contributed by atoms with van der Waals surface area (Å²) in [4.78, 5) is 13.1. The van der Waals surface area contributed by atoms with Gasteiger partial charge in [0, 0.05) is 6.42 Å². The van der Waals surface area contributed by atoms with Crippen molar-refractivity contribution in [3.8, 4) is 0 Å². The largest absolute Gasteiger partial charge is 1.00 e. The third-order valence-electron chi connectivity index (χ3n) is 20.1. The molecule has 3 saturated carbocycles. The molecule has 0 radical (unpaired) electrons. The molecular formula is C56H89NaO28S. The van der Waals surface area contributed by atoms with E-state index in [9.17, 15) is 84.1 Å². The maximum absolute atomic E-state index is 13.1. The summed E-state index contributed by atoms with van der Waals surface area (Å²) in [6.45, 7) is 12.2. The summed E-state index contributed by atoms with van der Waals surface area (Å²) in [5.74, 6) is -1.21. The number of hydrogen-bond donors (Lipinski definition) is 13. The van der Waals surface area contributed by atoms with Crippen LogP contribution in [0.4, 0.5) is 0 Å². The molecule has 8 fully saturated rings. The first-order valence-corrected chi connectivity index (χ1v) is 30.9. The first-order chi connectivity index (χ1) is 39.7. The van der Waals surface area contributed by atoms with E-state index in [1.807, 2.05) is 13.8 Å². The SMILES string of the molecule is CC(C)=CC(=O)C[C@](C)(O)[C@H]1CC[C@H]2[C@@H]3C[C@H](O[C@@H]4O[C@H](C)[C@@H](O)[C@H](O[C@@H]5OC[C@@H](O[C@@H]6O[C@H](CO)[C@H](O)[C@H](O)[C@H]6O[C@@H]6O[C@H](C)[C@@H](O)[C@H](O)[C@H]6O)[C@H](O)[C@H]5O[C@@H]5O[C@H](C)[C@@H](O)[C@H](O)[C@H]5O)[C@H]4O)[C@H]4C[C@@H](OS(=O)(=O)[O-])CC[C@]4(C)C3=CC[C@@]21C.[Na+]. The van der Waals surface area contributed by atoms with E-state index in [1.54, 1.807) is 6.92 Å². The van der Waals surface area contributed by atoms with E-state index in [1.165, 1.54) is 26.8 Å². The van der Waals surface area contributed by atoms with Crippen molar-refractivity contribution in [2.45, 2.75) is 272 Å². The average Bonchev–Trinajstić information content (AvgIpc) is 1.30. The van der Waals surface area contributed by atoms with Crippen LogP contribution >= 0.6 is 0 Å². The maximum Gasteiger partial charge on any atom is 1.00 e. The number of ketones is 1. The van der Waals surface area contributed by atoms with Gasteiger partial charge < -0.3 is 118 Å². The first-order valence-electron chi connectivity index (χ1n) is 29.5. The number of hydrogen-bond acceptors (Lipinski definition) is 28. The van der Waals surface area contributed by atoms with Gasteiger partial charge in [0.1, 0.15) is 97.7 Å². The molecule has 5 saturated heterocycles. The standard InChI is InChI=1S/C56H90O28S.Na/c1-21(2)15-25(58)18-56(8,70)34-10-9-28-27-17-31(30-16-26(84-85(71,72)73)11-13-54(30,6)29(27)12-14-55(28,34)7)78-51-45(69)46(37(61)24(5)77-51)81-52-47(82-49-43(67)40(64)35(59)22(3)75-49)39(63)33(20-74-52)80-53-48(42(66)38(62)32(19-57)79-53)83-50-44(68)41(65)36(60)23(4)76-50;/h12,15,22-24,26-28,30-53,57,59-70H,9-11,13-14,16-20H2,1-8H3,(H,71,72,73);/q;+1/p-1/t22-,23-,24-,26+,27+,28+,30-,31+,32-,33-,34+,35-,36-,37-,38+,39+,40+,41+,42+,43-,44-,45-,46+,47-,48-,49+,50+,51+,52+,53+,54-,55+,56+;/m1./s1. The van der Waals surface area contributed by atoms with Crippen LogP contribution in [0.5, 0.6) is 0 Å². The van der Waals surface area contributed by atoms with Crippen LogP contribution in [0.2, 0.25) is 0 Å². The fourth-order valence-corrected chi connectivity index (χ4v) is 16.1. The minimum absolute atomic E-state index is 0. The molecule has 5 aliphatic heterocycles. The van der Waals surface area contributed by atoms with Gasteiger partial charge in [0.2, 0.25) is 10.4 Å². The van der Waals surface area contributed by atoms with Gasteiger partial charge in [0.05, 0.1) is 49.3 Å². The van der Waals surface area contributed by atoms with Gasteiger partial charge in [-0.2, -0.15) is 0 Å². The first kappa shape index (κ1) is 71.0. The van der Waals surface area contributed by atoms with E-state index in [0.29, 0.717) is 32.1 Å². The Labute approximate surface area is 521 Å². The molecule has 9 rings (SSSR count). The zero-order chi connectivity index (χ0) is 62.3. The van der Waals surface area contributed by atoms with Crippen molar-refractivity contribution in [3.05, 3.63) is 23.3 Å². The number of carbonyl (C=O) groups excluding carboxylic acids is 1. The van der Waals surface area contributed by atoms with Gasteiger partial charge in [-0.3, -0.25) is 8.98 Å². The molecule has 30 heteroatoms. The van der Waals surface area contributed by atoms with Crippen LogP contribution in [0, 0.1) is 34.5 Å². The van der Waals surface area contributed by atoms with Gasteiger partial charge >= 0.3 is 29.6 Å². The molecule has 0 amide bonds. The molecule has 488 valence electrons. The van der Waals surface area contributed by atoms with Gasteiger partial charge in [-0.05, 0) is 127 Å². The Hall–Kier alpha value is -0.900. The summed E-state index contributed by atoms with van der Waals surface area (Å²) in [5, 5.41) is 145. The van der Waals surface area contributed by atoms with Crippen LogP contribution in [0.3, 0.4) is 0 Å². The van der Waals surface area contributed by atoms with Crippen LogP contribution < -0.4 is 29.6 Å². The second-order valence-corrected chi connectivity index (χ2v) is 27.2. The molecule has 28 nitrogen and oxygen atoms in total. The molecule has 33 atom stereocenters. The maximum atomic E-state index is 13.1. The van der Waals surface area contributed by atoms with Gasteiger partial charge in [-0.1, -0.05) is 31.1 Å². The summed E-state index contributed by atoms with van der Waals surface area (Å²) in [7, 11) is -5.14. The molecule has 13 N–H and O–H groups in total. The molecule has 5 heterocycles. The topological polar surface area (TPSA) is 439 Å².